The number of hydrogen-bond acceptors (Lipinski definition) is 4. The summed E-state index contributed by atoms with van der Waals surface area (Å²) in [7, 11) is 0. The summed E-state index contributed by atoms with van der Waals surface area (Å²) in [6, 6.07) is 31.5. The van der Waals surface area contributed by atoms with Crippen LogP contribution in [-0.2, 0) is 22.7 Å². The van der Waals surface area contributed by atoms with E-state index in [0.717, 1.165) is 31.5 Å². The summed E-state index contributed by atoms with van der Waals surface area (Å²) in [6.45, 7) is 5.93. The van der Waals surface area contributed by atoms with Crippen LogP contribution in [0.3, 0.4) is 0 Å². The lowest BCUT2D eigenvalue weighted by atomic mass is 9.99. The minimum atomic E-state index is -0.146. The van der Waals surface area contributed by atoms with Crippen LogP contribution in [0.5, 0.6) is 0 Å². The lowest BCUT2D eigenvalue weighted by Gasteiger charge is -2.29. The van der Waals surface area contributed by atoms with E-state index in [4.69, 9.17) is 4.84 Å². The van der Waals surface area contributed by atoms with Gasteiger partial charge in [-0.15, -0.1) is 5.48 Å². The van der Waals surface area contributed by atoms with Gasteiger partial charge < -0.3 is 4.84 Å². The molecule has 1 aliphatic rings. The van der Waals surface area contributed by atoms with E-state index < -0.39 is 0 Å². The molecular formula is C29H34N2O2. The molecule has 1 aliphatic carbocycles. The molecule has 1 fully saturated rings. The Kier molecular flexibility index (Phi) is 7.92. The van der Waals surface area contributed by atoms with Crippen molar-refractivity contribution in [1.82, 2.24) is 10.4 Å². The Morgan fingerprint density at radius 3 is 1.94 bits per heavy atom. The van der Waals surface area contributed by atoms with Crippen molar-refractivity contribution in [2.24, 2.45) is 11.8 Å². The minimum absolute atomic E-state index is 0.0460. The van der Waals surface area contributed by atoms with E-state index in [0.29, 0.717) is 6.04 Å². The maximum Gasteiger partial charge on any atom is 0.328 e. The molecule has 0 radical (unpaired) electrons. The van der Waals surface area contributed by atoms with Crippen molar-refractivity contribution in [2.75, 3.05) is 0 Å². The van der Waals surface area contributed by atoms with Gasteiger partial charge in [0, 0.05) is 19.1 Å². The monoisotopic (exact) mass is 442 g/mol. The Morgan fingerprint density at radius 2 is 1.39 bits per heavy atom. The molecule has 172 valence electrons. The average Bonchev–Trinajstić information content (AvgIpc) is 3.25. The third kappa shape index (κ3) is 6.31. The normalized spacial score (nSPS) is 21.1. The van der Waals surface area contributed by atoms with Gasteiger partial charge in [-0.1, -0.05) is 97.9 Å². The number of carbonyl (C=O) groups is 1. The van der Waals surface area contributed by atoms with E-state index in [1.54, 1.807) is 0 Å². The molecular weight excluding hydrogens is 408 g/mol. The van der Waals surface area contributed by atoms with Crippen LogP contribution < -0.4 is 5.48 Å². The molecule has 0 aliphatic heterocycles. The fourth-order valence-electron chi connectivity index (χ4n) is 4.82. The van der Waals surface area contributed by atoms with Gasteiger partial charge in [0.1, 0.15) is 0 Å². The van der Waals surface area contributed by atoms with Crippen molar-refractivity contribution < 1.29 is 9.63 Å². The first-order valence-electron chi connectivity index (χ1n) is 11.9. The van der Waals surface area contributed by atoms with E-state index in [1.807, 2.05) is 37.3 Å². The molecule has 4 heteroatoms. The van der Waals surface area contributed by atoms with Crippen LogP contribution in [0.1, 0.15) is 49.4 Å². The Balaban J connectivity index is 1.40. The Morgan fingerprint density at radius 1 is 0.879 bits per heavy atom. The molecule has 3 aromatic carbocycles. The van der Waals surface area contributed by atoms with Crippen LogP contribution in [-0.4, -0.2) is 16.9 Å². The molecule has 0 unspecified atom stereocenters. The molecule has 0 aromatic heterocycles. The van der Waals surface area contributed by atoms with E-state index in [2.05, 4.69) is 78.0 Å². The van der Waals surface area contributed by atoms with Gasteiger partial charge in [-0.25, -0.2) is 0 Å². The lowest BCUT2D eigenvalue weighted by molar-refractivity contribution is -0.159. The largest absolute Gasteiger partial charge is 0.370 e. The van der Waals surface area contributed by atoms with Crippen molar-refractivity contribution in [3.63, 3.8) is 0 Å². The highest BCUT2D eigenvalue weighted by Crippen LogP contribution is 2.36. The summed E-state index contributed by atoms with van der Waals surface area (Å²) in [6.07, 6.45) is 1.81. The molecule has 0 heterocycles. The highest BCUT2D eigenvalue weighted by Gasteiger charge is 2.40. The van der Waals surface area contributed by atoms with Crippen LogP contribution in [0.4, 0.5) is 0 Å². The molecule has 4 nitrogen and oxygen atoms in total. The summed E-state index contributed by atoms with van der Waals surface area (Å²) in [5, 5.41) is 0. The minimum Gasteiger partial charge on any atom is -0.370 e. The van der Waals surface area contributed by atoms with E-state index in [1.165, 1.54) is 11.1 Å². The third-order valence-corrected chi connectivity index (χ3v) is 6.77. The fourth-order valence-corrected chi connectivity index (χ4v) is 4.82. The van der Waals surface area contributed by atoms with Crippen molar-refractivity contribution in [1.29, 1.82) is 0 Å². The molecule has 0 bridgehead atoms. The van der Waals surface area contributed by atoms with E-state index in [9.17, 15) is 4.79 Å². The predicted molar refractivity (Wildman–Crippen MR) is 132 cm³/mol. The first kappa shape index (κ1) is 23.2. The van der Waals surface area contributed by atoms with Gasteiger partial charge in [-0.05, 0) is 42.4 Å². The van der Waals surface area contributed by atoms with Gasteiger partial charge in [0.2, 0.25) is 0 Å². The summed E-state index contributed by atoms with van der Waals surface area (Å²) < 4.78 is 0. The smallest absolute Gasteiger partial charge is 0.328 e. The highest BCUT2D eigenvalue weighted by atomic mass is 16.7. The van der Waals surface area contributed by atoms with Gasteiger partial charge in [-0.2, -0.15) is 0 Å². The second kappa shape index (κ2) is 11.3. The molecule has 3 aromatic rings. The number of nitrogens with one attached hydrogen (secondary N) is 1. The van der Waals surface area contributed by atoms with Crippen LogP contribution >= 0.6 is 0 Å². The summed E-state index contributed by atoms with van der Waals surface area (Å²) in [5.41, 5.74) is 6.65. The van der Waals surface area contributed by atoms with Crippen LogP contribution in [0.25, 0.3) is 0 Å². The maximum atomic E-state index is 13.0. The molecule has 0 spiro atoms. The topological polar surface area (TPSA) is 41.6 Å². The number of benzene rings is 3. The Bertz CT molecular complexity index is 952. The lowest BCUT2D eigenvalue weighted by Crippen LogP contribution is -2.33. The predicted octanol–water partition coefficient (Wildman–Crippen LogP) is 5.91. The second-order valence-corrected chi connectivity index (χ2v) is 9.26. The Hall–Kier alpha value is -2.95. The van der Waals surface area contributed by atoms with Crippen LogP contribution in [0.2, 0.25) is 0 Å². The fraction of sp³-hybridized carbons (Fsp3) is 0.345. The number of nitrogens with zero attached hydrogens (tertiary/aromatic N) is 1. The number of hydroxylamine groups is 1. The summed E-state index contributed by atoms with van der Waals surface area (Å²) in [5.74, 6) is 0.0389. The molecule has 0 saturated heterocycles. The Labute approximate surface area is 197 Å². The van der Waals surface area contributed by atoms with Crippen molar-refractivity contribution in [3.8, 4) is 0 Å². The van der Waals surface area contributed by atoms with Gasteiger partial charge in [-0.3, -0.25) is 9.69 Å². The third-order valence-electron chi connectivity index (χ3n) is 6.77. The van der Waals surface area contributed by atoms with Crippen LogP contribution in [0, 0.1) is 11.8 Å². The van der Waals surface area contributed by atoms with Gasteiger partial charge in [0.15, 0.2) is 0 Å². The first-order valence-corrected chi connectivity index (χ1v) is 11.9. The zero-order chi connectivity index (χ0) is 23.0. The number of rotatable bonds is 9. The average molecular weight is 443 g/mol. The molecule has 33 heavy (non-hydrogen) atoms. The van der Waals surface area contributed by atoms with Crippen molar-refractivity contribution in [3.05, 3.63) is 108 Å². The van der Waals surface area contributed by atoms with Gasteiger partial charge >= 0.3 is 5.97 Å². The second-order valence-electron chi connectivity index (χ2n) is 9.26. The molecule has 0 amide bonds. The standard InChI is InChI=1S/C29H34N2O2/c1-22-18-27(19-28(22)29(32)33-30-23(2)26-16-10-5-11-17-26)31(20-24-12-6-3-7-13-24)21-25-14-8-4-9-15-25/h3-17,22-23,27-28,30H,18-21H2,1-2H3/t22-,23-,27-,28-/m1/s1. The molecule has 4 atom stereocenters. The highest BCUT2D eigenvalue weighted by molar-refractivity contribution is 5.73. The number of carbonyl (C=O) groups excluding carboxylic acids is 1. The number of hydrogen-bond donors (Lipinski definition) is 1. The van der Waals surface area contributed by atoms with E-state index in [-0.39, 0.29) is 23.8 Å². The van der Waals surface area contributed by atoms with Crippen molar-refractivity contribution in [2.45, 2.75) is 51.9 Å². The quantitative estimate of drug-likeness (QED) is 0.418. The van der Waals surface area contributed by atoms with Gasteiger partial charge in [0.25, 0.3) is 0 Å². The molecule has 1 N–H and O–H groups in total. The van der Waals surface area contributed by atoms with Crippen LogP contribution in [0.15, 0.2) is 91.0 Å². The zero-order valence-corrected chi connectivity index (χ0v) is 19.6. The SMILES string of the molecule is C[C@@H]1C[C@@H](N(Cc2ccccc2)Cc2ccccc2)C[C@H]1C(=O)ON[C@H](C)c1ccccc1. The maximum absolute atomic E-state index is 13.0. The molecule has 1 saturated carbocycles. The first-order chi connectivity index (χ1) is 16.1. The van der Waals surface area contributed by atoms with E-state index >= 15 is 0 Å². The molecule has 4 rings (SSSR count). The summed E-state index contributed by atoms with van der Waals surface area (Å²) >= 11 is 0. The summed E-state index contributed by atoms with van der Waals surface area (Å²) in [4.78, 5) is 21.1. The van der Waals surface area contributed by atoms with Crippen molar-refractivity contribution >= 4 is 5.97 Å². The van der Waals surface area contributed by atoms with Gasteiger partial charge in [0.05, 0.1) is 12.0 Å². The zero-order valence-electron chi connectivity index (χ0n) is 19.6.